The molecule has 3 rings (SSSR count). The van der Waals surface area contributed by atoms with Gasteiger partial charge in [-0.2, -0.15) is 0 Å². The van der Waals surface area contributed by atoms with Gasteiger partial charge in [0.05, 0.1) is 12.2 Å². The van der Waals surface area contributed by atoms with Crippen LogP contribution in [-0.4, -0.2) is 29.8 Å². The fraction of sp³-hybridized carbons (Fsp3) is 0.444. The Bertz CT molecular complexity index is 707. The van der Waals surface area contributed by atoms with Gasteiger partial charge in [-0.1, -0.05) is 25.1 Å². The first kappa shape index (κ1) is 15.6. The van der Waals surface area contributed by atoms with Gasteiger partial charge in [-0.3, -0.25) is 9.59 Å². The van der Waals surface area contributed by atoms with Gasteiger partial charge < -0.3 is 14.6 Å². The number of likely N-dealkylation sites (tertiary alicyclic amines) is 1. The van der Waals surface area contributed by atoms with Crippen LogP contribution in [0.2, 0.25) is 0 Å². The molecule has 1 saturated heterocycles. The predicted molar refractivity (Wildman–Crippen MR) is 87.7 cm³/mol. The number of amides is 2. The highest BCUT2D eigenvalue weighted by Crippen LogP contribution is 2.21. The summed E-state index contributed by atoms with van der Waals surface area (Å²) >= 11 is 0. The molecule has 1 aliphatic rings. The zero-order valence-electron chi connectivity index (χ0n) is 13.4. The highest BCUT2D eigenvalue weighted by molar-refractivity contribution is 5.83. The molecule has 0 aliphatic carbocycles. The van der Waals surface area contributed by atoms with Gasteiger partial charge >= 0.3 is 0 Å². The van der Waals surface area contributed by atoms with Crippen LogP contribution in [0.4, 0.5) is 0 Å². The van der Waals surface area contributed by atoms with Crippen molar-refractivity contribution < 1.29 is 14.0 Å². The molecular formula is C18H22N2O3. The highest BCUT2D eigenvalue weighted by Gasteiger charge is 2.27. The molecule has 0 saturated carbocycles. The van der Waals surface area contributed by atoms with Crippen LogP contribution in [0.1, 0.15) is 31.7 Å². The Morgan fingerprint density at radius 2 is 2.17 bits per heavy atom. The summed E-state index contributed by atoms with van der Waals surface area (Å²) in [4.78, 5) is 26.0. The van der Waals surface area contributed by atoms with Crippen molar-refractivity contribution in [3.63, 3.8) is 0 Å². The number of carbonyl (C=O) groups is 2. The van der Waals surface area contributed by atoms with Crippen molar-refractivity contribution in [3.05, 3.63) is 36.1 Å². The number of benzene rings is 1. The maximum absolute atomic E-state index is 12.4. The summed E-state index contributed by atoms with van der Waals surface area (Å²) < 4.78 is 5.49. The summed E-state index contributed by atoms with van der Waals surface area (Å²) in [6.45, 7) is 3.61. The fourth-order valence-corrected chi connectivity index (χ4v) is 3.14. The molecule has 23 heavy (non-hydrogen) atoms. The van der Waals surface area contributed by atoms with Crippen LogP contribution in [0.15, 0.2) is 34.9 Å². The Kier molecular flexibility index (Phi) is 4.65. The van der Waals surface area contributed by atoms with Crippen molar-refractivity contribution in [1.29, 1.82) is 0 Å². The molecule has 0 bridgehead atoms. The Morgan fingerprint density at radius 1 is 1.35 bits per heavy atom. The van der Waals surface area contributed by atoms with Gasteiger partial charge in [0.2, 0.25) is 11.8 Å². The molecular weight excluding hydrogens is 292 g/mol. The molecule has 1 fully saturated rings. The number of fused-ring (bicyclic) bond motifs is 1. The average Bonchev–Trinajstić information content (AvgIpc) is 3.02. The third-order valence-corrected chi connectivity index (χ3v) is 4.46. The van der Waals surface area contributed by atoms with E-state index in [1.165, 1.54) is 0 Å². The number of furan rings is 1. The van der Waals surface area contributed by atoms with Crippen molar-refractivity contribution in [1.82, 2.24) is 10.2 Å². The molecule has 5 nitrogen and oxygen atoms in total. The van der Waals surface area contributed by atoms with Crippen LogP contribution < -0.4 is 5.32 Å². The minimum atomic E-state index is -0.114. The smallest absolute Gasteiger partial charge is 0.225 e. The minimum absolute atomic E-state index is 0.0175. The van der Waals surface area contributed by atoms with Crippen LogP contribution in [-0.2, 0) is 16.1 Å². The monoisotopic (exact) mass is 314 g/mol. The van der Waals surface area contributed by atoms with Gasteiger partial charge in [-0.05, 0) is 18.9 Å². The van der Waals surface area contributed by atoms with Crippen molar-refractivity contribution in [2.45, 2.75) is 32.7 Å². The van der Waals surface area contributed by atoms with E-state index in [0.29, 0.717) is 19.5 Å². The van der Waals surface area contributed by atoms with E-state index in [1.54, 1.807) is 11.2 Å². The van der Waals surface area contributed by atoms with Crippen LogP contribution in [0, 0.1) is 5.92 Å². The molecule has 5 heteroatoms. The van der Waals surface area contributed by atoms with Crippen molar-refractivity contribution in [3.8, 4) is 0 Å². The first-order valence-corrected chi connectivity index (χ1v) is 8.19. The molecule has 1 N–H and O–H groups in total. The summed E-state index contributed by atoms with van der Waals surface area (Å²) in [5, 5.41) is 4.01. The van der Waals surface area contributed by atoms with E-state index in [1.807, 2.05) is 31.2 Å². The van der Waals surface area contributed by atoms with Crippen LogP contribution >= 0.6 is 0 Å². The number of nitrogens with zero attached hydrogens (tertiary/aromatic N) is 1. The molecule has 2 aromatic rings. The molecule has 1 aliphatic heterocycles. The lowest BCUT2D eigenvalue weighted by molar-refractivity contribution is -0.135. The standard InChI is InChI=1S/C18H22N2O3/c1-2-17(21)20-9-5-6-13(11-20)18(22)19-10-14-12-23-16-8-4-3-7-15(14)16/h3-4,7-8,12-13H,2,5-6,9-11H2,1H3,(H,19,22). The van der Waals surface area contributed by atoms with Gasteiger partial charge in [0.15, 0.2) is 0 Å². The Hall–Kier alpha value is -2.30. The number of hydrogen-bond acceptors (Lipinski definition) is 3. The fourth-order valence-electron chi connectivity index (χ4n) is 3.14. The van der Waals surface area contributed by atoms with E-state index in [0.717, 1.165) is 35.9 Å². The quantitative estimate of drug-likeness (QED) is 0.944. The first-order chi connectivity index (χ1) is 11.2. The lowest BCUT2D eigenvalue weighted by atomic mass is 9.96. The lowest BCUT2D eigenvalue weighted by Crippen LogP contribution is -2.45. The van der Waals surface area contributed by atoms with E-state index in [-0.39, 0.29) is 17.7 Å². The molecule has 1 aromatic heterocycles. The minimum Gasteiger partial charge on any atom is -0.464 e. The van der Waals surface area contributed by atoms with E-state index in [4.69, 9.17) is 4.42 Å². The number of piperidine rings is 1. The summed E-state index contributed by atoms with van der Waals surface area (Å²) in [5.41, 5.74) is 1.81. The number of nitrogens with one attached hydrogen (secondary N) is 1. The predicted octanol–water partition coefficient (Wildman–Crippen LogP) is 2.70. The largest absolute Gasteiger partial charge is 0.464 e. The maximum atomic E-state index is 12.4. The summed E-state index contributed by atoms with van der Waals surface area (Å²) in [6.07, 6.45) is 3.91. The second kappa shape index (κ2) is 6.86. The van der Waals surface area contributed by atoms with Gasteiger partial charge in [0.1, 0.15) is 5.58 Å². The summed E-state index contributed by atoms with van der Waals surface area (Å²) in [5.74, 6) is 0.0321. The van der Waals surface area contributed by atoms with Crippen LogP contribution in [0.25, 0.3) is 11.0 Å². The Balaban J connectivity index is 1.60. The second-order valence-electron chi connectivity index (χ2n) is 6.01. The van der Waals surface area contributed by atoms with Crippen molar-refractivity contribution in [2.24, 2.45) is 5.92 Å². The van der Waals surface area contributed by atoms with Gasteiger partial charge in [0.25, 0.3) is 0 Å². The topological polar surface area (TPSA) is 62.6 Å². The number of hydrogen-bond donors (Lipinski definition) is 1. The van der Waals surface area contributed by atoms with Crippen LogP contribution in [0.5, 0.6) is 0 Å². The zero-order chi connectivity index (χ0) is 16.2. The number of carbonyl (C=O) groups excluding carboxylic acids is 2. The van der Waals surface area contributed by atoms with E-state index in [2.05, 4.69) is 5.32 Å². The first-order valence-electron chi connectivity index (χ1n) is 8.19. The zero-order valence-corrected chi connectivity index (χ0v) is 13.4. The summed E-state index contributed by atoms with van der Waals surface area (Å²) in [7, 11) is 0. The molecule has 2 heterocycles. The molecule has 122 valence electrons. The maximum Gasteiger partial charge on any atom is 0.225 e. The van der Waals surface area contributed by atoms with E-state index >= 15 is 0 Å². The molecule has 1 aromatic carbocycles. The van der Waals surface area contributed by atoms with E-state index < -0.39 is 0 Å². The van der Waals surface area contributed by atoms with Crippen molar-refractivity contribution in [2.75, 3.05) is 13.1 Å². The van der Waals surface area contributed by atoms with Crippen molar-refractivity contribution >= 4 is 22.8 Å². The molecule has 2 amide bonds. The van der Waals surface area contributed by atoms with Gasteiger partial charge in [0, 0.05) is 37.0 Å². The Labute approximate surface area is 135 Å². The highest BCUT2D eigenvalue weighted by atomic mass is 16.3. The van der Waals surface area contributed by atoms with E-state index in [9.17, 15) is 9.59 Å². The third-order valence-electron chi connectivity index (χ3n) is 4.46. The second-order valence-corrected chi connectivity index (χ2v) is 6.01. The molecule has 0 radical (unpaired) electrons. The molecule has 1 atom stereocenters. The molecule has 1 unspecified atom stereocenters. The van der Waals surface area contributed by atoms with Gasteiger partial charge in [-0.15, -0.1) is 0 Å². The Morgan fingerprint density at radius 3 is 3.00 bits per heavy atom. The number of para-hydroxylation sites is 1. The molecule has 0 spiro atoms. The lowest BCUT2D eigenvalue weighted by Gasteiger charge is -2.31. The number of rotatable bonds is 4. The SMILES string of the molecule is CCC(=O)N1CCCC(C(=O)NCc2coc3ccccc23)C1. The normalized spacial score (nSPS) is 18.1. The van der Waals surface area contributed by atoms with Crippen LogP contribution in [0.3, 0.4) is 0 Å². The van der Waals surface area contributed by atoms with Gasteiger partial charge in [-0.25, -0.2) is 0 Å². The average molecular weight is 314 g/mol. The third kappa shape index (κ3) is 3.38. The summed E-state index contributed by atoms with van der Waals surface area (Å²) in [6, 6.07) is 7.78.